The largest absolute Gasteiger partial charge is 0.465 e. The molecule has 4 heteroatoms. The lowest BCUT2D eigenvalue weighted by Crippen LogP contribution is -2.24. The third kappa shape index (κ3) is 2.07. The molecule has 0 bridgehead atoms. The number of hydrogen-bond donors (Lipinski definition) is 2. The summed E-state index contributed by atoms with van der Waals surface area (Å²) >= 11 is 3.39. The second-order valence-corrected chi connectivity index (χ2v) is 4.37. The SMILES string of the molecule is O=C(O)NC1CC1c1cccc(Br)c1. The lowest BCUT2D eigenvalue weighted by molar-refractivity contribution is 0.193. The number of benzene rings is 1. The first-order valence-corrected chi connectivity index (χ1v) is 5.21. The summed E-state index contributed by atoms with van der Waals surface area (Å²) < 4.78 is 1.04. The first-order valence-electron chi connectivity index (χ1n) is 4.42. The molecule has 2 atom stereocenters. The smallest absolute Gasteiger partial charge is 0.404 e. The maximum absolute atomic E-state index is 10.4. The van der Waals surface area contributed by atoms with Crippen molar-refractivity contribution in [3.8, 4) is 0 Å². The van der Waals surface area contributed by atoms with Gasteiger partial charge in [-0.3, -0.25) is 0 Å². The summed E-state index contributed by atoms with van der Waals surface area (Å²) in [6.07, 6.45) is -0.0320. The van der Waals surface area contributed by atoms with Crippen molar-refractivity contribution in [1.29, 1.82) is 0 Å². The van der Waals surface area contributed by atoms with Crippen LogP contribution in [0.3, 0.4) is 0 Å². The predicted octanol–water partition coefficient (Wildman–Crippen LogP) is 2.57. The van der Waals surface area contributed by atoms with Crippen LogP contribution in [0.4, 0.5) is 4.79 Å². The molecule has 1 aliphatic rings. The van der Waals surface area contributed by atoms with Gasteiger partial charge in [0.05, 0.1) is 0 Å². The van der Waals surface area contributed by atoms with E-state index in [1.54, 1.807) is 0 Å². The Balaban J connectivity index is 2.02. The highest BCUT2D eigenvalue weighted by Crippen LogP contribution is 2.41. The molecule has 0 radical (unpaired) electrons. The van der Waals surface area contributed by atoms with E-state index in [9.17, 15) is 4.79 Å². The third-order valence-electron chi connectivity index (χ3n) is 2.38. The van der Waals surface area contributed by atoms with Crippen molar-refractivity contribution < 1.29 is 9.90 Å². The van der Waals surface area contributed by atoms with Crippen molar-refractivity contribution in [3.63, 3.8) is 0 Å². The molecule has 1 aliphatic carbocycles. The van der Waals surface area contributed by atoms with E-state index in [0.717, 1.165) is 10.9 Å². The third-order valence-corrected chi connectivity index (χ3v) is 2.87. The molecule has 1 fully saturated rings. The molecule has 2 rings (SSSR count). The van der Waals surface area contributed by atoms with Crippen LogP contribution in [0, 0.1) is 0 Å². The van der Waals surface area contributed by atoms with Crippen molar-refractivity contribution in [2.45, 2.75) is 18.4 Å². The van der Waals surface area contributed by atoms with Gasteiger partial charge in [-0.05, 0) is 24.1 Å². The highest BCUT2D eigenvalue weighted by Gasteiger charge is 2.39. The van der Waals surface area contributed by atoms with Gasteiger partial charge in [-0.2, -0.15) is 0 Å². The molecule has 2 unspecified atom stereocenters. The van der Waals surface area contributed by atoms with Gasteiger partial charge in [0.15, 0.2) is 0 Å². The van der Waals surface area contributed by atoms with E-state index in [1.807, 2.05) is 24.3 Å². The van der Waals surface area contributed by atoms with Gasteiger partial charge in [-0.15, -0.1) is 0 Å². The van der Waals surface area contributed by atoms with Crippen LogP contribution >= 0.6 is 15.9 Å². The van der Waals surface area contributed by atoms with E-state index in [2.05, 4.69) is 21.2 Å². The van der Waals surface area contributed by atoms with Crippen molar-refractivity contribution in [2.24, 2.45) is 0 Å². The van der Waals surface area contributed by atoms with Gasteiger partial charge in [0.25, 0.3) is 0 Å². The van der Waals surface area contributed by atoms with Crippen molar-refractivity contribution in [2.75, 3.05) is 0 Å². The lowest BCUT2D eigenvalue weighted by atomic mass is 10.1. The summed E-state index contributed by atoms with van der Waals surface area (Å²) in [6.45, 7) is 0. The summed E-state index contributed by atoms with van der Waals surface area (Å²) in [6, 6.07) is 8.09. The molecule has 74 valence electrons. The van der Waals surface area contributed by atoms with Crippen molar-refractivity contribution >= 4 is 22.0 Å². The minimum Gasteiger partial charge on any atom is -0.465 e. The van der Waals surface area contributed by atoms with Gasteiger partial charge in [0, 0.05) is 16.4 Å². The zero-order valence-corrected chi connectivity index (χ0v) is 8.99. The van der Waals surface area contributed by atoms with E-state index < -0.39 is 6.09 Å². The fraction of sp³-hybridized carbons (Fsp3) is 0.300. The van der Waals surface area contributed by atoms with E-state index >= 15 is 0 Å². The fourth-order valence-corrected chi connectivity index (χ4v) is 2.04. The molecular weight excluding hydrogens is 246 g/mol. The predicted molar refractivity (Wildman–Crippen MR) is 56.4 cm³/mol. The van der Waals surface area contributed by atoms with Gasteiger partial charge in [-0.25, -0.2) is 4.79 Å². The van der Waals surface area contributed by atoms with Crippen LogP contribution in [-0.4, -0.2) is 17.2 Å². The second-order valence-electron chi connectivity index (χ2n) is 3.45. The average Bonchev–Trinajstić information content (AvgIpc) is 2.82. The fourth-order valence-electron chi connectivity index (χ4n) is 1.62. The first-order chi connectivity index (χ1) is 6.66. The topological polar surface area (TPSA) is 49.3 Å². The van der Waals surface area contributed by atoms with E-state index in [4.69, 9.17) is 5.11 Å². The molecule has 0 aromatic heterocycles. The number of carbonyl (C=O) groups is 1. The van der Waals surface area contributed by atoms with Crippen LogP contribution < -0.4 is 5.32 Å². The highest BCUT2D eigenvalue weighted by atomic mass is 79.9. The lowest BCUT2D eigenvalue weighted by Gasteiger charge is -2.01. The van der Waals surface area contributed by atoms with Crippen LogP contribution in [0.5, 0.6) is 0 Å². The molecule has 1 saturated carbocycles. The number of rotatable bonds is 2. The monoisotopic (exact) mass is 255 g/mol. The Morgan fingerprint density at radius 2 is 2.36 bits per heavy atom. The van der Waals surface area contributed by atoms with Gasteiger partial charge in [0.2, 0.25) is 0 Å². The van der Waals surface area contributed by atoms with Gasteiger partial charge < -0.3 is 10.4 Å². The Morgan fingerprint density at radius 3 is 3.00 bits per heavy atom. The molecule has 0 heterocycles. The van der Waals surface area contributed by atoms with E-state index in [-0.39, 0.29) is 6.04 Å². The van der Waals surface area contributed by atoms with Gasteiger partial charge >= 0.3 is 6.09 Å². The van der Waals surface area contributed by atoms with E-state index in [0.29, 0.717) is 5.92 Å². The van der Waals surface area contributed by atoms with Crippen molar-refractivity contribution in [3.05, 3.63) is 34.3 Å². The molecule has 14 heavy (non-hydrogen) atoms. The molecule has 0 saturated heterocycles. The Kier molecular flexibility index (Phi) is 2.46. The molecule has 2 N–H and O–H groups in total. The highest BCUT2D eigenvalue weighted by molar-refractivity contribution is 9.10. The van der Waals surface area contributed by atoms with Crippen LogP contribution in [0.15, 0.2) is 28.7 Å². The number of carboxylic acid groups (broad SMARTS) is 1. The number of hydrogen-bond acceptors (Lipinski definition) is 1. The molecule has 3 nitrogen and oxygen atoms in total. The van der Waals surface area contributed by atoms with Crippen LogP contribution in [0.2, 0.25) is 0 Å². The Morgan fingerprint density at radius 1 is 1.57 bits per heavy atom. The second kappa shape index (κ2) is 3.61. The van der Waals surface area contributed by atoms with Crippen molar-refractivity contribution in [1.82, 2.24) is 5.32 Å². The average molecular weight is 256 g/mol. The maximum atomic E-state index is 10.4. The minimum absolute atomic E-state index is 0.0989. The molecule has 1 aromatic carbocycles. The molecular formula is C10H10BrNO2. The number of nitrogens with one attached hydrogen (secondary N) is 1. The van der Waals surface area contributed by atoms with Crippen LogP contribution in [-0.2, 0) is 0 Å². The Hall–Kier alpha value is -1.03. The summed E-state index contributed by atoms with van der Waals surface area (Å²) in [5.41, 5.74) is 1.19. The molecule has 1 aromatic rings. The van der Waals surface area contributed by atoms with Crippen LogP contribution in [0.25, 0.3) is 0 Å². The molecule has 0 spiro atoms. The normalized spacial score (nSPS) is 24.4. The minimum atomic E-state index is -0.938. The molecule has 1 amide bonds. The maximum Gasteiger partial charge on any atom is 0.404 e. The van der Waals surface area contributed by atoms with Crippen LogP contribution in [0.1, 0.15) is 17.9 Å². The summed E-state index contributed by atoms with van der Waals surface area (Å²) in [5.74, 6) is 0.351. The number of amides is 1. The zero-order chi connectivity index (χ0) is 10.1. The molecule has 0 aliphatic heterocycles. The van der Waals surface area contributed by atoms with E-state index in [1.165, 1.54) is 5.56 Å². The summed E-state index contributed by atoms with van der Waals surface area (Å²) in [5, 5.41) is 11.0. The first kappa shape index (κ1) is 9.52. The number of halogens is 1. The Labute approximate surface area is 90.3 Å². The summed E-state index contributed by atoms with van der Waals surface area (Å²) in [4.78, 5) is 10.4. The summed E-state index contributed by atoms with van der Waals surface area (Å²) in [7, 11) is 0. The Bertz CT molecular complexity index is 367. The van der Waals surface area contributed by atoms with Gasteiger partial charge in [0.1, 0.15) is 0 Å². The standard InChI is InChI=1S/C10H10BrNO2/c11-7-3-1-2-6(4-7)8-5-9(8)12-10(13)14/h1-4,8-9,12H,5H2,(H,13,14). The van der Waals surface area contributed by atoms with Gasteiger partial charge in [-0.1, -0.05) is 28.1 Å². The quantitative estimate of drug-likeness (QED) is 0.854. The zero-order valence-electron chi connectivity index (χ0n) is 7.40.